The fourth-order valence-corrected chi connectivity index (χ4v) is 3.98. The van der Waals surface area contributed by atoms with E-state index in [0.717, 1.165) is 22.4 Å². The van der Waals surface area contributed by atoms with Crippen LogP contribution in [-0.2, 0) is 20.4 Å². The summed E-state index contributed by atoms with van der Waals surface area (Å²) in [6, 6.07) is 4.08. The molecule has 0 atom stereocenters. The van der Waals surface area contributed by atoms with E-state index in [9.17, 15) is 9.59 Å². The summed E-state index contributed by atoms with van der Waals surface area (Å²) in [5.41, 5.74) is -0.679. The van der Waals surface area contributed by atoms with E-state index >= 15 is 0 Å². The van der Waals surface area contributed by atoms with Crippen LogP contribution in [0.5, 0.6) is 0 Å². The van der Waals surface area contributed by atoms with Crippen molar-refractivity contribution in [1.29, 1.82) is 0 Å². The maximum absolute atomic E-state index is 11.2. The quantitative estimate of drug-likeness (QED) is 0.531. The van der Waals surface area contributed by atoms with Crippen LogP contribution in [0.4, 0.5) is 0 Å². The maximum atomic E-state index is 11.2. The first-order valence-electron chi connectivity index (χ1n) is 6.75. The van der Waals surface area contributed by atoms with Crippen LogP contribution in [0.15, 0.2) is 34.6 Å². The molecule has 0 aliphatic heterocycles. The van der Waals surface area contributed by atoms with Gasteiger partial charge in [-0.3, -0.25) is 4.79 Å². The minimum absolute atomic E-state index is 0.215. The Morgan fingerprint density at radius 2 is 1.76 bits per heavy atom. The highest BCUT2D eigenvalue weighted by Crippen LogP contribution is 2.44. The third-order valence-corrected chi connectivity index (χ3v) is 6.48. The molecular formula is C17H22O2S2. The smallest absolute Gasteiger partial charge is 0.156 e. The van der Waals surface area contributed by atoms with Crippen molar-refractivity contribution in [2.45, 2.75) is 45.4 Å². The molecule has 0 bridgehead atoms. The average molecular weight is 322 g/mol. The second kappa shape index (κ2) is 6.75. The number of aldehydes is 2. The van der Waals surface area contributed by atoms with Gasteiger partial charge in [0, 0.05) is 20.1 Å². The lowest BCUT2D eigenvalue weighted by atomic mass is 9.90. The number of thioether (sulfide) groups is 1. The van der Waals surface area contributed by atoms with E-state index in [1.807, 2.05) is 32.9 Å². The van der Waals surface area contributed by atoms with Crippen molar-refractivity contribution in [3.05, 3.63) is 44.4 Å². The van der Waals surface area contributed by atoms with Crippen molar-refractivity contribution >= 4 is 35.7 Å². The number of hydrogen-bond acceptors (Lipinski definition) is 4. The Kier molecular flexibility index (Phi) is 5.76. The molecule has 0 saturated carbocycles. The minimum Gasteiger partial charge on any atom is -0.302 e. The van der Waals surface area contributed by atoms with Gasteiger partial charge in [0.25, 0.3) is 0 Å². The SMILES string of the molecule is C=C(C=O)S/C(=C\C)C(C)(C)c1ccc(C(C)(C)C=O)s1. The Morgan fingerprint density at radius 3 is 2.24 bits per heavy atom. The van der Waals surface area contributed by atoms with Gasteiger partial charge in [-0.1, -0.05) is 38.3 Å². The fraction of sp³-hybridized carbons (Fsp3) is 0.412. The van der Waals surface area contributed by atoms with Gasteiger partial charge < -0.3 is 4.79 Å². The molecule has 1 heterocycles. The number of carbonyl (C=O) groups excluding carboxylic acids is 2. The summed E-state index contributed by atoms with van der Waals surface area (Å²) in [7, 11) is 0. The van der Waals surface area contributed by atoms with Crippen LogP contribution in [0.3, 0.4) is 0 Å². The van der Waals surface area contributed by atoms with Crippen LogP contribution < -0.4 is 0 Å². The van der Waals surface area contributed by atoms with Gasteiger partial charge in [0.15, 0.2) is 6.29 Å². The fourth-order valence-electron chi connectivity index (χ4n) is 1.91. The molecule has 0 radical (unpaired) electrons. The van der Waals surface area contributed by atoms with Crippen LogP contribution >= 0.6 is 23.1 Å². The molecule has 0 unspecified atom stereocenters. The molecule has 114 valence electrons. The summed E-state index contributed by atoms with van der Waals surface area (Å²) in [5, 5.41) is 0. The van der Waals surface area contributed by atoms with E-state index in [0.29, 0.717) is 4.91 Å². The maximum Gasteiger partial charge on any atom is 0.156 e. The number of allylic oxidation sites excluding steroid dienone is 3. The van der Waals surface area contributed by atoms with Gasteiger partial charge in [-0.15, -0.1) is 11.3 Å². The van der Waals surface area contributed by atoms with Crippen molar-refractivity contribution in [3.8, 4) is 0 Å². The molecule has 4 heteroatoms. The zero-order chi connectivity index (χ0) is 16.3. The van der Waals surface area contributed by atoms with Gasteiger partial charge in [0.2, 0.25) is 0 Å². The molecule has 0 amide bonds. The third-order valence-electron chi connectivity index (χ3n) is 3.40. The summed E-state index contributed by atoms with van der Waals surface area (Å²) >= 11 is 3.05. The molecule has 2 nitrogen and oxygen atoms in total. The summed E-state index contributed by atoms with van der Waals surface area (Å²) in [4.78, 5) is 25.8. The van der Waals surface area contributed by atoms with Crippen molar-refractivity contribution in [2.75, 3.05) is 0 Å². The van der Waals surface area contributed by atoms with Crippen molar-refractivity contribution in [3.63, 3.8) is 0 Å². The van der Waals surface area contributed by atoms with Crippen LogP contribution in [0.1, 0.15) is 44.4 Å². The molecule has 0 aliphatic rings. The first kappa shape index (κ1) is 17.9. The number of hydrogen-bond donors (Lipinski definition) is 0. The van der Waals surface area contributed by atoms with Gasteiger partial charge in [-0.2, -0.15) is 0 Å². The first-order valence-corrected chi connectivity index (χ1v) is 8.38. The Bertz CT molecular complexity index is 577. The Morgan fingerprint density at radius 1 is 1.19 bits per heavy atom. The molecule has 1 aromatic heterocycles. The van der Waals surface area contributed by atoms with E-state index < -0.39 is 5.41 Å². The zero-order valence-electron chi connectivity index (χ0n) is 13.2. The van der Waals surface area contributed by atoms with Crippen molar-refractivity contribution in [1.82, 2.24) is 0 Å². The minimum atomic E-state index is -0.464. The summed E-state index contributed by atoms with van der Waals surface area (Å²) in [5.74, 6) is 0. The average Bonchev–Trinajstić information content (AvgIpc) is 2.95. The molecule has 0 fully saturated rings. The number of carbonyl (C=O) groups is 2. The second-order valence-electron chi connectivity index (χ2n) is 5.97. The Labute approximate surface area is 135 Å². The topological polar surface area (TPSA) is 34.1 Å². The molecule has 0 aromatic carbocycles. The largest absolute Gasteiger partial charge is 0.302 e. The van der Waals surface area contributed by atoms with Gasteiger partial charge >= 0.3 is 0 Å². The normalized spacial score (nSPS) is 13.1. The summed E-state index contributed by atoms with van der Waals surface area (Å²) < 4.78 is 0. The van der Waals surface area contributed by atoms with E-state index in [-0.39, 0.29) is 5.41 Å². The molecular weight excluding hydrogens is 300 g/mol. The Hall–Kier alpha value is -1.13. The molecule has 0 aliphatic carbocycles. The number of thiophene rings is 1. The predicted molar refractivity (Wildman–Crippen MR) is 93.0 cm³/mol. The molecule has 21 heavy (non-hydrogen) atoms. The highest BCUT2D eigenvalue weighted by Gasteiger charge is 2.30. The van der Waals surface area contributed by atoms with Crippen LogP contribution in [0.25, 0.3) is 0 Å². The zero-order valence-corrected chi connectivity index (χ0v) is 14.9. The van der Waals surface area contributed by atoms with Crippen molar-refractivity contribution < 1.29 is 9.59 Å². The highest BCUT2D eigenvalue weighted by molar-refractivity contribution is 8.07. The van der Waals surface area contributed by atoms with E-state index in [1.165, 1.54) is 16.6 Å². The van der Waals surface area contributed by atoms with Gasteiger partial charge in [0.05, 0.1) is 5.41 Å². The highest BCUT2D eigenvalue weighted by atomic mass is 32.2. The summed E-state index contributed by atoms with van der Waals surface area (Å²) in [6.45, 7) is 13.8. The second-order valence-corrected chi connectivity index (χ2v) is 8.22. The summed E-state index contributed by atoms with van der Waals surface area (Å²) in [6.07, 6.45) is 3.78. The molecule has 1 aromatic rings. The lowest BCUT2D eigenvalue weighted by molar-refractivity contribution is -0.111. The number of rotatable bonds is 7. The van der Waals surface area contributed by atoms with Crippen LogP contribution in [-0.4, -0.2) is 12.6 Å². The standard InChI is InChI=1S/C17H22O2S2/c1-7-13(20-12(2)10-18)17(5,6)15-9-8-14(21-15)16(3,4)11-19/h7-11H,2H2,1,3-6H3/b13-7-. The van der Waals surface area contributed by atoms with E-state index in [2.05, 4.69) is 26.5 Å². The molecule has 0 N–H and O–H groups in total. The molecule has 1 rings (SSSR count). The van der Waals surface area contributed by atoms with E-state index in [4.69, 9.17) is 0 Å². The monoisotopic (exact) mass is 322 g/mol. The van der Waals surface area contributed by atoms with E-state index in [1.54, 1.807) is 11.3 Å². The first-order chi connectivity index (χ1) is 9.68. The van der Waals surface area contributed by atoms with Crippen molar-refractivity contribution in [2.24, 2.45) is 0 Å². The van der Waals surface area contributed by atoms with Crippen LogP contribution in [0, 0.1) is 0 Å². The third kappa shape index (κ3) is 3.95. The van der Waals surface area contributed by atoms with Gasteiger partial charge in [-0.05, 0) is 37.8 Å². The Balaban J connectivity index is 3.15. The van der Waals surface area contributed by atoms with Gasteiger partial charge in [-0.25, -0.2) is 0 Å². The lowest BCUT2D eigenvalue weighted by Gasteiger charge is -2.26. The van der Waals surface area contributed by atoms with Crippen LogP contribution in [0.2, 0.25) is 0 Å². The molecule has 0 spiro atoms. The van der Waals surface area contributed by atoms with Gasteiger partial charge in [0.1, 0.15) is 6.29 Å². The lowest BCUT2D eigenvalue weighted by Crippen LogP contribution is -2.18. The predicted octanol–water partition coefficient (Wildman–Crippen LogP) is 4.85. The molecule has 0 saturated heterocycles.